The average Bonchev–Trinajstić information content (AvgIpc) is 3.52. The van der Waals surface area contributed by atoms with Gasteiger partial charge in [-0.2, -0.15) is 0 Å². The van der Waals surface area contributed by atoms with Gasteiger partial charge in [0.2, 0.25) is 0 Å². The number of rotatable bonds is 5. The minimum Gasteiger partial charge on any atom is -0.371 e. The predicted molar refractivity (Wildman–Crippen MR) is 133 cm³/mol. The summed E-state index contributed by atoms with van der Waals surface area (Å²) in [4.78, 5) is 21.9. The third-order valence-electron chi connectivity index (χ3n) is 6.92. The zero-order valence-corrected chi connectivity index (χ0v) is 20.7. The minimum absolute atomic E-state index is 0.142. The van der Waals surface area contributed by atoms with E-state index in [1.54, 1.807) is 6.08 Å². The van der Waals surface area contributed by atoms with Crippen molar-refractivity contribution in [1.82, 2.24) is 10.2 Å². The normalized spacial score (nSPS) is 23.0. The summed E-state index contributed by atoms with van der Waals surface area (Å²) in [5.74, 6) is -2.31. The molecule has 1 amide bonds. The number of nitrogens with one attached hydrogen (secondary N) is 1. The number of alkyl halides is 2. The Morgan fingerprint density at radius 2 is 1.81 bits per heavy atom. The molecule has 1 aromatic rings. The van der Waals surface area contributed by atoms with Gasteiger partial charge < -0.3 is 10.2 Å². The van der Waals surface area contributed by atoms with E-state index in [1.807, 2.05) is 30.0 Å². The Kier molecular flexibility index (Phi) is 7.19. The largest absolute Gasteiger partial charge is 0.371 e. The van der Waals surface area contributed by atoms with E-state index in [-0.39, 0.29) is 18.7 Å². The van der Waals surface area contributed by atoms with Crippen LogP contribution in [-0.2, 0) is 0 Å². The fraction of sp³-hybridized carbons (Fsp3) is 0.583. The third-order valence-corrected chi connectivity index (χ3v) is 7.59. The van der Waals surface area contributed by atoms with Gasteiger partial charge in [-0.05, 0) is 84.9 Å². The van der Waals surface area contributed by atoms with E-state index in [4.69, 9.17) is 0 Å². The first-order chi connectivity index (χ1) is 15.3. The number of piperidine rings is 2. The van der Waals surface area contributed by atoms with Crippen LogP contribution in [0.25, 0.3) is 0 Å². The Morgan fingerprint density at radius 1 is 1.12 bits per heavy atom. The van der Waals surface area contributed by atoms with Gasteiger partial charge in [0, 0.05) is 42.6 Å². The van der Waals surface area contributed by atoms with Gasteiger partial charge in [-0.15, -0.1) is 0 Å². The molecule has 5 nitrogen and oxygen atoms in total. The van der Waals surface area contributed by atoms with Crippen LogP contribution in [0.5, 0.6) is 0 Å². The second kappa shape index (κ2) is 9.75. The highest BCUT2D eigenvalue weighted by molar-refractivity contribution is 14.1. The van der Waals surface area contributed by atoms with Crippen LogP contribution in [0.2, 0.25) is 0 Å². The summed E-state index contributed by atoms with van der Waals surface area (Å²) in [5, 5.41) is 2.94. The van der Waals surface area contributed by atoms with E-state index < -0.39 is 5.92 Å². The maximum absolute atomic E-state index is 13.4. The molecule has 1 N–H and O–H groups in total. The van der Waals surface area contributed by atoms with Crippen LogP contribution in [0.4, 0.5) is 14.5 Å². The number of allylic oxidation sites excluding steroid dienone is 1. The van der Waals surface area contributed by atoms with Crippen molar-refractivity contribution < 1.29 is 13.6 Å². The Bertz CT molecular complexity index is 893. The summed E-state index contributed by atoms with van der Waals surface area (Å²) in [6, 6.07) is 5.92. The van der Waals surface area contributed by atoms with Crippen molar-refractivity contribution in [2.24, 2.45) is 10.4 Å². The quantitative estimate of drug-likeness (QED) is 0.313. The fourth-order valence-electron chi connectivity index (χ4n) is 4.53. The average molecular weight is 556 g/mol. The van der Waals surface area contributed by atoms with Gasteiger partial charge in [-0.1, -0.05) is 6.08 Å². The Labute approximate surface area is 202 Å². The molecule has 0 radical (unpaired) electrons. The number of halogens is 3. The van der Waals surface area contributed by atoms with Gasteiger partial charge in [0.1, 0.15) is 5.84 Å². The van der Waals surface area contributed by atoms with Gasteiger partial charge in [0.25, 0.3) is 11.8 Å². The molecule has 0 unspecified atom stereocenters. The van der Waals surface area contributed by atoms with E-state index >= 15 is 0 Å². The summed E-state index contributed by atoms with van der Waals surface area (Å²) in [7, 11) is 0. The number of amides is 1. The van der Waals surface area contributed by atoms with Gasteiger partial charge >= 0.3 is 0 Å². The summed E-state index contributed by atoms with van der Waals surface area (Å²) in [6.45, 7) is 4.74. The van der Waals surface area contributed by atoms with Gasteiger partial charge in [-0.25, -0.2) is 8.78 Å². The van der Waals surface area contributed by atoms with Crippen molar-refractivity contribution >= 4 is 40.0 Å². The van der Waals surface area contributed by atoms with E-state index in [0.29, 0.717) is 36.6 Å². The molecule has 1 spiro atoms. The fourth-order valence-corrected chi connectivity index (χ4v) is 5.01. The van der Waals surface area contributed by atoms with Crippen molar-refractivity contribution in [2.75, 3.05) is 37.7 Å². The maximum Gasteiger partial charge on any atom is 0.258 e. The molecule has 0 aromatic heterocycles. The Morgan fingerprint density at radius 3 is 2.44 bits per heavy atom. The van der Waals surface area contributed by atoms with Gasteiger partial charge in [0.05, 0.1) is 17.9 Å². The number of likely N-dealkylation sites (tertiary alicyclic amines) is 1. The van der Waals surface area contributed by atoms with Crippen LogP contribution in [0.3, 0.4) is 0 Å². The number of aliphatic imine (C=N–C) groups is 1. The lowest BCUT2D eigenvalue weighted by Crippen LogP contribution is -2.40. The molecule has 2 heterocycles. The van der Waals surface area contributed by atoms with Crippen LogP contribution in [-0.4, -0.2) is 55.4 Å². The number of hydrogen-bond donors (Lipinski definition) is 1. The molecule has 1 aliphatic carbocycles. The first-order valence-electron chi connectivity index (χ1n) is 11.4. The molecule has 2 saturated heterocycles. The van der Waals surface area contributed by atoms with Crippen LogP contribution < -0.4 is 10.2 Å². The van der Waals surface area contributed by atoms with Crippen molar-refractivity contribution in [3.8, 4) is 0 Å². The Hall–Kier alpha value is -1.55. The van der Waals surface area contributed by atoms with Crippen molar-refractivity contribution in [2.45, 2.75) is 51.4 Å². The molecular weight excluding hydrogens is 525 g/mol. The van der Waals surface area contributed by atoms with E-state index in [1.165, 1.54) is 25.7 Å². The zero-order valence-electron chi connectivity index (χ0n) is 18.5. The second-order valence-corrected chi connectivity index (χ2v) is 10.5. The monoisotopic (exact) mass is 556 g/mol. The van der Waals surface area contributed by atoms with Gasteiger partial charge in [-0.3, -0.25) is 14.7 Å². The number of nitrogens with zero attached hydrogens (tertiary/aromatic N) is 3. The lowest BCUT2D eigenvalue weighted by molar-refractivity contribution is -0.0544. The van der Waals surface area contributed by atoms with Crippen LogP contribution in [0.15, 0.2) is 35.3 Å². The summed E-state index contributed by atoms with van der Waals surface area (Å²) in [5.41, 5.74) is 2.19. The number of hydrogen-bond acceptors (Lipinski definition) is 4. The molecule has 0 bridgehead atoms. The standard InChI is InChI=1S/C24H31F2IN4O/c1-2-3-21(28-17-30-12-10-24(25,26)11-13-30)29-22(32)19-5-4-18(27)16-20(19)31-14-8-23(6-7-23)9-15-31/h2-5,16H,6-15,17H2,1H3,(H,28,29,32)/b3-2+. The highest BCUT2D eigenvalue weighted by Crippen LogP contribution is 2.54. The first-order valence-corrected chi connectivity index (χ1v) is 12.5. The third kappa shape index (κ3) is 5.87. The second-order valence-electron chi connectivity index (χ2n) is 9.26. The highest BCUT2D eigenvalue weighted by Gasteiger charge is 2.44. The van der Waals surface area contributed by atoms with Crippen molar-refractivity contribution in [3.05, 3.63) is 39.5 Å². The van der Waals surface area contributed by atoms with E-state index in [0.717, 1.165) is 22.3 Å². The number of carbonyl (C=O) groups is 1. The molecule has 1 aromatic carbocycles. The van der Waals surface area contributed by atoms with E-state index in [2.05, 4.69) is 43.9 Å². The predicted octanol–water partition coefficient (Wildman–Crippen LogP) is 5.06. The molecule has 174 valence electrons. The topological polar surface area (TPSA) is 47.9 Å². The smallest absolute Gasteiger partial charge is 0.258 e. The Balaban J connectivity index is 1.44. The van der Waals surface area contributed by atoms with Crippen LogP contribution >= 0.6 is 22.6 Å². The van der Waals surface area contributed by atoms with Gasteiger partial charge in [0.15, 0.2) is 0 Å². The lowest BCUT2D eigenvalue weighted by Gasteiger charge is -2.35. The molecule has 0 atom stereocenters. The number of carbonyl (C=O) groups excluding carboxylic acids is 1. The highest BCUT2D eigenvalue weighted by atomic mass is 127. The molecule has 4 rings (SSSR count). The van der Waals surface area contributed by atoms with Crippen molar-refractivity contribution in [1.29, 1.82) is 0 Å². The summed E-state index contributed by atoms with van der Waals surface area (Å²) in [6.07, 6.45) is 8.36. The summed E-state index contributed by atoms with van der Waals surface area (Å²) < 4.78 is 27.9. The molecule has 2 aliphatic heterocycles. The molecular formula is C24H31F2IN4O. The molecule has 3 aliphatic rings. The lowest BCUT2D eigenvalue weighted by atomic mass is 9.93. The first kappa shape index (κ1) is 23.6. The maximum atomic E-state index is 13.4. The van der Waals surface area contributed by atoms with E-state index in [9.17, 15) is 13.6 Å². The zero-order chi connectivity index (χ0) is 22.8. The number of anilines is 1. The minimum atomic E-state index is -2.57. The van der Waals surface area contributed by atoms with Crippen molar-refractivity contribution in [3.63, 3.8) is 0 Å². The molecule has 8 heteroatoms. The van der Waals surface area contributed by atoms with Crippen LogP contribution in [0.1, 0.15) is 55.8 Å². The summed E-state index contributed by atoms with van der Waals surface area (Å²) >= 11 is 2.29. The number of benzene rings is 1. The molecule has 1 saturated carbocycles. The van der Waals surface area contributed by atoms with Crippen LogP contribution in [0, 0.1) is 8.99 Å². The molecule has 32 heavy (non-hydrogen) atoms. The number of amidine groups is 1. The SMILES string of the molecule is C/C=C/C(=NCN1CCC(F)(F)CC1)NC(=O)c1ccc(I)cc1N1CCC2(CC1)CC2. The molecule has 3 fully saturated rings.